The number of carbonyl (C=O) groups excluding carboxylic acids is 1. The summed E-state index contributed by atoms with van der Waals surface area (Å²) in [6.45, 7) is 6.28. The van der Waals surface area contributed by atoms with Crippen molar-refractivity contribution >= 4 is 17.9 Å². The third-order valence-corrected chi connectivity index (χ3v) is 5.58. The lowest BCUT2D eigenvalue weighted by atomic mass is 10.1. The molecular weight excluding hydrogens is 423 g/mol. The molecule has 10 heteroatoms. The van der Waals surface area contributed by atoms with E-state index in [2.05, 4.69) is 17.0 Å². The molecule has 1 unspecified atom stereocenters. The predicted octanol–water partition coefficient (Wildman–Crippen LogP) is 0.975. The number of nitrogens with zero attached hydrogens (tertiary/aromatic N) is 4. The lowest BCUT2D eigenvalue weighted by Crippen LogP contribution is -2.54. The average Bonchev–Trinajstić information content (AvgIpc) is 3.24. The fourth-order valence-electron chi connectivity index (χ4n) is 3.84. The zero-order valence-electron chi connectivity index (χ0n) is 17.3. The maximum Gasteiger partial charge on any atom is 0.416 e. The number of halogens is 3. The predicted molar refractivity (Wildman–Crippen MR) is 112 cm³/mol. The Morgan fingerprint density at radius 3 is 2.72 bits per heavy atom. The minimum absolute atomic E-state index is 0.0568. The summed E-state index contributed by atoms with van der Waals surface area (Å²) in [6, 6.07) is 4.09. The third kappa shape index (κ3) is 4.00. The molecule has 2 aliphatic heterocycles. The van der Waals surface area contributed by atoms with Crippen molar-refractivity contribution in [2.45, 2.75) is 31.6 Å². The van der Waals surface area contributed by atoms with Gasteiger partial charge in [0.1, 0.15) is 5.76 Å². The highest BCUT2D eigenvalue weighted by atomic mass is 19.4. The van der Waals surface area contributed by atoms with Crippen LogP contribution in [-0.4, -0.2) is 50.9 Å². The molecule has 0 bridgehead atoms. The van der Waals surface area contributed by atoms with E-state index in [0.29, 0.717) is 41.1 Å². The lowest BCUT2D eigenvalue weighted by molar-refractivity contribution is -0.137. The number of hydrogen-bond acceptors (Lipinski definition) is 5. The first-order chi connectivity index (χ1) is 15.2. The Balaban J connectivity index is 1.81. The van der Waals surface area contributed by atoms with Crippen LogP contribution in [0.4, 0.5) is 13.2 Å². The molecule has 0 radical (unpaired) electrons. The fourth-order valence-corrected chi connectivity index (χ4v) is 3.84. The van der Waals surface area contributed by atoms with E-state index in [1.54, 1.807) is 18.0 Å². The number of amides is 1. The minimum atomic E-state index is -4.43. The minimum Gasteiger partial charge on any atom is -0.509 e. The van der Waals surface area contributed by atoms with E-state index in [1.807, 2.05) is 0 Å². The number of hydrogen-bond donors (Lipinski definition) is 2. The summed E-state index contributed by atoms with van der Waals surface area (Å²) < 4.78 is 40.2. The highest BCUT2D eigenvalue weighted by Crippen LogP contribution is 2.29. The maximum atomic E-state index is 12.9. The number of alkyl halides is 3. The van der Waals surface area contributed by atoms with Gasteiger partial charge in [0.05, 0.1) is 45.5 Å². The molecule has 2 N–H and O–H groups in total. The number of aromatic nitrogens is 2. The van der Waals surface area contributed by atoms with Crippen LogP contribution in [0.1, 0.15) is 18.9 Å². The monoisotopic (exact) mass is 445 g/mol. The Hall–Kier alpha value is -3.56. The molecule has 2 aromatic rings. The van der Waals surface area contributed by atoms with Crippen molar-refractivity contribution in [3.8, 4) is 5.69 Å². The topological polar surface area (TPSA) is 82.8 Å². The highest BCUT2D eigenvalue weighted by Gasteiger charge is 2.30. The van der Waals surface area contributed by atoms with Gasteiger partial charge in [-0.25, -0.2) is 4.68 Å². The van der Waals surface area contributed by atoms with E-state index in [-0.39, 0.29) is 23.8 Å². The quantitative estimate of drug-likeness (QED) is 0.690. The molecule has 1 aromatic carbocycles. The van der Waals surface area contributed by atoms with Crippen LogP contribution in [0.3, 0.4) is 0 Å². The molecule has 0 spiro atoms. The van der Waals surface area contributed by atoms with Gasteiger partial charge in [-0.3, -0.25) is 9.79 Å². The Kier molecular flexibility index (Phi) is 5.53. The number of nitrogens with one attached hydrogen (secondary N) is 1. The molecule has 1 saturated heterocycles. The molecule has 2 atom stereocenters. The van der Waals surface area contributed by atoms with Crippen LogP contribution in [0, 0.1) is 0 Å². The SMILES string of the molecule is C=CC(=O)N1CCC(N=c2cnn(-c3ccc(C(F)(F)F)cc3)c3c2=C(O)[C@H](C)NC=3)C1. The van der Waals surface area contributed by atoms with Crippen LogP contribution < -0.4 is 21.2 Å². The van der Waals surface area contributed by atoms with Crippen LogP contribution in [0.2, 0.25) is 0 Å². The number of rotatable bonds is 3. The smallest absolute Gasteiger partial charge is 0.416 e. The zero-order chi connectivity index (χ0) is 23.0. The number of likely N-dealkylation sites (tertiary alicyclic amines) is 1. The number of benzene rings is 1. The van der Waals surface area contributed by atoms with E-state index < -0.39 is 11.7 Å². The lowest BCUT2D eigenvalue weighted by Gasteiger charge is -2.18. The largest absolute Gasteiger partial charge is 0.509 e. The average molecular weight is 445 g/mol. The molecule has 1 fully saturated rings. The summed E-state index contributed by atoms with van der Waals surface area (Å²) in [7, 11) is 0. The second-order valence-electron chi connectivity index (χ2n) is 7.72. The van der Waals surface area contributed by atoms with Crippen molar-refractivity contribution in [3.05, 3.63) is 64.6 Å². The van der Waals surface area contributed by atoms with E-state index in [9.17, 15) is 23.1 Å². The summed E-state index contributed by atoms with van der Waals surface area (Å²) in [4.78, 5) is 18.2. The van der Waals surface area contributed by atoms with Crippen molar-refractivity contribution in [2.24, 2.45) is 4.99 Å². The Morgan fingerprint density at radius 2 is 2.06 bits per heavy atom. The molecule has 1 aromatic heterocycles. The molecule has 4 rings (SSSR count). The molecule has 2 aliphatic rings. The van der Waals surface area contributed by atoms with Gasteiger partial charge in [0.2, 0.25) is 5.91 Å². The van der Waals surface area contributed by atoms with Crippen molar-refractivity contribution in [1.29, 1.82) is 0 Å². The van der Waals surface area contributed by atoms with Gasteiger partial charge in [0.15, 0.2) is 0 Å². The van der Waals surface area contributed by atoms with Crippen LogP contribution in [0.5, 0.6) is 0 Å². The molecule has 32 heavy (non-hydrogen) atoms. The molecule has 7 nitrogen and oxygen atoms in total. The molecule has 3 heterocycles. The van der Waals surface area contributed by atoms with Gasteiger partial charge < -0.3 is 15.3 Å². The second kappa shape index (κ2) is 8.18. The molecule has 0 aliphatic carbocycles. The van der Waals surface area contributed by atoms with Crippen molar-refractivity contribution in [3.63, 3.8) is 0 Å². The number of carbonyl (C=O) groups is 1. The van der Waals surface area contributed by atoms with Gasteiger partial charge in [0, 0.05) is 19.3 Å². The summed E-state index contributed by atoms with van der Waals surface area (Å²) in [6.07, 6.45) is 0.641. The standard InChI is InChI=1S/C22H22F3N5O2/c1-3-19(31)29-9-8-15(12-29)28-17-10-27-30(18-11-26-13(2)21(32)20(17)18)16-6-4-14(5-7-16)22(23,24)25/h3-7,10-11,13,15,26,32H,1,8-9,12H2,2H3/t13-,15?/m0/s1. The Bertz CT molecular complexity index is 1250. The summed E-state index contributed by atoms with van der Waals surface area (Å²) in [5.74, 6) is -0.0991. The van der Waals surface area contributed by atoms with E-state index >= 15 is 0 Å². The zero-order valence-corrected chi connectivity index (χ0v) is 17.3. The van der Waals surface area contributed by atoms with Crippen molar-refractivity contribution in [1.82, 2.24) is 20.0 Å². The van der Waals surface area contributed by atoms with Crippen LogP contribution >= 0.6 is 0 Å². The fraction of sp³-hybridized carbons (Fsp3) is 0.318. The van der Waals surface area contributed by atoms with E-state index in [1.165, 1.54) is 29.1 Å². The maximum absolute atomic E-state index is 12.9. The molecule has 168 valence electrons. The van der Waals surface area contributed by atoms with Gasteiger partial charge in [-0.2, -0.15) is 18.3 Å². The Labute approximate surface area is 181 Å². The van der Waals surface area contributed by atoms with Crippen LogP contribution in [0.25, 0.3) is 17.6 Å². The Morgan fingerprint density at radius 1 is 1.34 bits per heavy atom. The summed E-state index contributed by atoms with van der Waals surface area (Å²) in [5, 5.41) is 19.6. The van der Waals surface area contributed by atoms with E-state index in [0.717, 1.165) is 12.1 Å². The van der Waals surface area contributed by atoms with Gasteiger partial charge >= 0.3 is 6.18 Å². The first kappa shape index (κ1) is 21.7. The van der Waals surface area contributed by atoms with Gasteiger partial charge in [-0.1, -0.05) is 6.58 Å². The number of aliphatic hydroxyl groups excluding tert-OH is 1. The van der Waals surface area contributed by atoms with Gasteiger partial charge in [-0.15, -0.1) is 0 Å². The third-order valence-electron chi connectivity index (χ3n) is 5.58. The number of aliphatic hydroxyl groups is 1. The summed E-state index contributed by atoms with van der Waals surface area (Å²) in [5.41, 5.74) is -0.350. The van der Waals surface area contributed by atoms with Gasteiger partial charge in [0.25, 0.3) is 0 Å². The van der Waals surface area contributed by atoms with Crippen LogP contribution in [0.15, 0.2) is 48.1 Å². The molecular formula is C22H22F3N5O2. The van der Waals surface area contributed by atoms with Crippen molar-refractivity contribution in [2.75, 3.05) is 13.1 Å². The van der Waals surface area contributed by atoms with E-state index in [4.69, 9.17) is 4.99 Å². The molecule has 0 saturated carbocycles. The second-order valence-corrected chi connectivity index (χ2v) is 7.72. The summed E-state index contributed by atoms with van der Waals surface area (Å²) >= 11 is 0. The number of fused-ring (bicyclic) bond motifs is 1. The van der Waals surface area contributed by atoms with Gasteiger partial charge in [-0.05, 0) is 43.7 Å². The van der Waals surface area contributed by atoms with Crippen LogP contribution in [-0.2, 0) is 11.0 Å². The molecule has 1 amide bonds. The highest BCUT2D eigenvalue weighted by molar-refractivity contribution is 5.87. The first-order valence-electron chi connectivity index (χ1n) is 10.1. The first-order valence-corrected chi connectivity index (χ1v) is 10.1. The normalized spacial score (nSPS) is 21.1. The van der Waals surface area contributed by atoms with Crippen molar-refractivity contribution < 1.29 is 23.1 Å².